The largest absolute Gasteiger partial charge is 0.493 e. The molecule has 0 amide bonds. The summed E-state index contributed by atoms with van der Waals surface area (Å²) >= 11 is 0. The van der Waals surface area contributed by atoms with Crippen LogP contribution in [-0.4, -0.2) is 66.5 Å². The van der Waals surface area contributed by atoms with Crippen molar-refractivity contribution in [3.8, 4) is 5.75 Å². The van der Waals surface area contributed by atoms with E-state index in [9.17, 15) is 0 Å². The lowest BCUT2D eigenvalue weighted by molar-refractivity contribution is 0.190. The molecule has 2 N–H and O–H groups in total. The number of likely N-dealkylation sites (N-methyl/N-ethyl adjacent to an activating group) is 2. The van der Waals surface area contributed by atoms with Gasteiger partial charge in [0, 0.05) is 19.1 Å². The number of aryl methyl sites for hydroxylation is 1. The first-order valence-electron chi connectivity index (χ1n) is 7.32. The Morgan fingerprint density at radius 1 is 1.45 bits per heavy atom. The van der Waals surface area contributed by atoms with Gasteiger partial charge >= 0.3 is 0 Å². The quantitative estimate of drug-likeness (QED) is 0.873. The van der Waals surface area contributed by atoms with Gasteiger partial charge in [0.15, 0.2) is 5.75 Å². The lowest BCUT2D eigenvalue weighted by Crippen LogP contribution is -2.46. The fourth-order valence-electron chi connectivity index (χ4n) is 3.00. The number of ether oxygens (including phenoxy) is 1. The van der Waals surface area contributed by atoms with E-state index in [1.165, 1.54) is 6.42 Å². The van der Waals surface area contributed by atoms with Gasteiger partial charge in [-0.3, -0.25) is 4.68 Å². The molecule has 20 heavy (non-hydrogen) atoms. The van der Waals surface area contributed by atoms with Crippen molar-refractivity contribution in [1.82, 2.24) is 19.6 Å². The molecular formula is C14H27N5O. The minimum absolute atomic E-state index is 0.0991. The molecule has 0 bridgehead atoms. The molecule has 0 aliphatic carbocycles. The molecule has 0 spiro atoms. The number of rotatable bonds is 4. The fraction of sp³-hybridized carbons (Fsp3) is 0.786. The van der Waals surface area contributed by atoms with Crippen LogP contribution in [0.15, 0.2) is 6.20 Å². The van der Waals surface area contributed by atoms with E-state index >= 15 is 0 Å². The molecule has 0 radical (unpaired) electrons. The van der Waals surface area contributed by atoms with Crippen molar-refractivity contribution in [2.45, 2.75) is 32.0 Å². The van der Waals surface area contributed by atoms with Crippen molar-refractivity contribution in [3.63, 3.8) is 0 Å². The summed E-state index contributed by atoms with van der Waals surface area (Å²) in [6.45, 7) is 6.04. The molecule has 2 atom stereocenters. The topological polar surface area (TPSA) is 59.6 Å². The molecule has 2 heterocycles. The highest BCUT2D eigenvalue weighted by molar-refractivity contribution is 5.29. The molecule has 6 heteroatoms. The van der Waals surface area contributed by atoms with Gasteiger partial charge in [0.25, 0.3) is 0 Å². The van der Waals surface area contributed by atoms with Crippen LogP contribution in [0.25, 0.3) is 0 Å². The van der Waals surface area contributed by atoms with Crippen LogP contribution >= 0.6 is 0 Å². The average Bonchev–Trinajstić information content (AvgIpc) is 2.78. The number of hydrogen-bond acceptors (Lipinski definition) is 5. The van der Waals surface area contributed by atoms with E-state index < -0.39 is 0 Å². The molecule has 6 nitrogen and oxygen atoms in total. The maximum Gasteiger partial charge on any atom is 0.161 e. The van der Waals surface area contributed by atoms with Gasteiger partial charge in [-0.2, -0.15) is 5.10 Å². The zero-order valence-electron chi connectivity index (χ0n) is 13.0. The molecule has 0 aromatic carbocycles. The molecule has 1 saturated heterocycles. The van der Waals surface area contributed by atoms with Crippen molar-refractivity contribution in [1.29, 1.82) is 0 Å². The van der Waals surface area contributed by atoms with E-state index in [1.54, 1.807) is 13.3 Å². The summed E-state index contributed by atoms with van der Waals surface area (Å²) in [5.41, 5.74) is 7.58. The second kappa shape index (κ2) is 6.56. The van der Waals surface area contributed by atoms with Gasteiger partial charge in [-0.1, -0.05) is 0 Å². The van der Waals surface area contributed by atoms with Crippen LogP contribution in [-0.2, 0) is 6.54 Å². The Kier molecular flexibility index (Phi) is 5.01. The van der Waals surface area contributed by atoms with Crippen molar-refractivity contribution in [3.05, 3.63) is 11.9 Å². The second-order valence-electron chi connectivity index (χ2n) is 5.60. The lowest BCUT2D eigenvalue weighted by atomic mass is 10.0. The average molecular weight is 281 g/mol. The van der Waals surface area contributed by atoms with Crippen molar-refractivity contribution in [2.24, 2.45) is 5.73 Å². The van der Waals surface area contributed by atoms with Gasteiger partial charge in [0.05, 0.1) is 25.0 Å². The summed E-state index contributed by atoms with van der Waals surface area (Å²) in [5.74, 6) is 0.791. The van der Waals surface area contributed by atoms with Gasteiger partial charge in [-0.25, -0.2) is 0 Å². The first-order valence-corrected chi connectivity index (χ1v) is 7.32. The maximum absolute atomic E-state index is 6.58. The monoisotopic (exact) mass is 281 g/mol. The van der Waals surface area contributed by atoms with Gasteiger partial charge in [-0.05, 0) is 40.5 Å². The first-order chi connectivity index (χ1) is 9.58. The van der Waals surface area contributed by atoms with Crippen molar-refractivity contribution in [2.75, 3.05) is 40.8 Å². The van der Waals surface area contributed by atoms with Gasteiger partial charge in [-0.15, -0.1) is 0 Å². The Labute approximate surface area is 121 Å². The number of nitrogens with zero attached hydrogens (tertiary/aromatic N) is 4. The van der Waals surface area contributed by atoms with Crippen LogP contribution in [0.3, 0.4) is 0 Å². The molecule has 1 fully saturated rings. The molecule has 114 valence electrons. The number of aromatic nitrogens is 2. The van der Waals surface area contributed by atoms with E-state index in [4.69, 9.17) is 10.5 Å². The maximum atomic E-state index is 6.58. The lowest BCUT2D eigenvalue weighted by Gasteiger charge is -2.32. The van der Waals surface area contributed by atoms with Crippen molar-refractivity contribution < 1.29 is 4.74 Å². The highest BCUT2D eigenvalue weighted by atomic mass is 16.5. The number of methoxy groups -OCH3 is 1. The Morgan fingerprint density at radius 3 is 2.85 bits per heavy atom. The normalized spacial score (nSPS) is 23.6. The third kappa shape index (κ3) is 2.97. The number of nitrogens with two attached hydrogens (primary N) is 1. The van der Waals surface area contributed by atoms with Gasteiger partial charge in [0.1, 0.15) is 0 Å². The SMILES string of the molecule is CCn1ncc(OC)c1C(N)C1CN(C)CCCN1C. The molecule has 1 aromatic rings. The molecule has 1 aromatic heterocycles. The Hall–Kier alpha value is -1.11. The van der Waals surface area contributed by atoms with E-state index in [1.807, 2.05) is 4.68 Å². The molecule has 0 saturated carbocycles. The summed E-state index contributed by atoms with van der Waals surface area (Å²) in [6, 6.07) is 0.177. The van der Waals surface area contributed by atoms with E-state index in [0.717, 1.165) is 37.6 Å². The Morgan fingerprint density at radius 2 is 2.20 bits per heavy atom. The summed E-state index contributed by atoms with van der Waals surface area (Å²) in [4.78, 5) is 4.72. The number of hydrogen-bond donors (Lipinski definition) is 1. The highest BCUT2D eigenvalue weighted by Gasteiger charge is 2.31. The van der Waals surface area contributed by atoms with Crippen LogP contribution in [0.2, 0.25) is 0 Å². The van der Waals surface area contributed by atoms with Gasteiger partial charge in [0.2, 0.25) is 0 Å². The van der Waals surface area contributed by atoms with Crippen LogP contribution in [0.4, 0.5) is 0 Å². The summed E-state index contributed by atoms with van der Waals surface area (Å²) in [6.07, 6.45) is 2.94. The molecule has 1 aliphatic heterocycles. The van der Waals surface area contributed by atoms with E-state index in [2.05, 4.69) is 35.9 Å². The summed E-state index contributed by atoms with van der Waals surface area (Å²) in [5, 5.41) is 4.37. The Bertz CT molecular complexity index is 412. The highest BCUT2D eigenvalue weighted by Crippen LogP contribution is 2.28. The smallest absolute Gasteiger partial charge is 0.161 e. The minimum Gasteiger partial charge on any atom is -0.493 e. The van der Waals surface area contributed by atoms with Crippen LogP contribution in [0.1, 0.15) is 25.1 Å². The third-order valence-electron chi connectivity index (χ3n) is 4.21. The molecular weight excluding hydrogens is 254 g/mol. The summed E-state index contributed by atoms with van der Waals surface area (Å²) < 4.78 is 7.38. The van der Waals surface area contributed by atoms with E-state index in [-0.39, 0.29) is 12.1 Å². The Balaban J connectivity index is 2.28. The molecule has 2 rings (SSSR count). The summed E-state index contributed by atoms with van der Waals surface area (Å²) in [7, 11) is 5.99. The molecule has 2 unspecified atom stereocenters. The fourth-order valence-corrected chi connectivity index (χ4v) is 3.00. The standard InChI is InChI=1S/C14H27N5O/c1-5-19-14(12(20-4)9-16-19)13(15)11-10-17(2)7-6-8-18(11)3/h9,11,13H,5-8,10,15H2,1-4H3. The van der Waals surface area contributed by atoms with Gasteiger partial charge < -0.3 is 20.3 Å². The molecule has 1 aliphatic rings. The van der Waals surface area contributed by atoms with E-state index in [0.29, 0.717) is 0 Å². The predicted octanol–water partition coefficient (Wildman–Crippen LogP) is 0.547. The predicted molar refractivity (Wildman–Crippen MR) is 79.9 cm³/mol. The van der Waals surface area contributed by atoms with Crippen LogP contribution in [0.5, 0.6) is 5.75 Å². The first kappa shape index (κ1) is 15.3. The second-order valence-corrected chi connectivity index (χ2v) is 5.60. The zero-order chi connectivity index (χ0) is 14.7. The van der Waals surface area contributed by atoms with Crippen LogP contribution < -0.4 is 10.5 Å². The van der Waals surface area contributed by atoms with Crippen molar-refractivity contribution >= 4 is 0 Å². The third-order valence-corrected chi connectivity index (χ3v) is 4.21. The minimum atomic E-state index is -0.0991. The zero-order valence-corrected chi connectivity index (χ0v) is 13.0. The van der Waals surface area contributed by atoms with Crippen LogP contribution in [0, 0.1) is 0 Å².